The van der Waals surface area contributed by atoms with Crippen molar-refractivity contribution in [3.8, 4) is 5.75 Å². The van der Waals surface area contributed by atoms with Gasteiger partial charge in [-0.2, -0.15) is 0 Å². The molecular weight excluding hydrogens is 645 g/mol. The molecule has 1 aliphatic rings. The number of aromatic nitrogens is 1. The van der Waals surface area contributed by atoms with Crippen LogP contribution in [0.5, 0.6) is 5.75 Å². The van der Waals surface area contributed by atoms with Crippen molar-refractivity contribution in [1.29, 1.82) is 0 Å². The quantitative estimate of drug-likeness (QED) is 0.0975. The topological polar surface area (TPSA) is 59.3 Å². The molecule has 4 aromatic rings. The van der Waals surface area contributed by atoms with E-state index in [-0.39, 0.29) is 12.4 Å². The number of methoxy groups -OCH3 is 1. The van der Waals surface area contributed by atoms with Crippen molar-refractivity contribution in [3.05, 3.63) is 130 Å². The fourth-order valence-corrected chi connectivity index (χ4v) is 6.86. The lowest BCUT2D eigenvalue weighted by Gasteiger charge is -2.30. The lowest BCUT2D eigenvalue weighted by atomic mass is 9.92. The Hall–Kier alpha value is -5.12. The normalized spacial score (nSPS) is 13.5. The summed E-state index contributed by atoms with van der Waals surface area (Å²) in [6.07, 6.45) is 2.27. The first kappa shape index (κ1) is 37.1. The molecule has 10 heteroatoms. The van der Waals surface area contributed by atoms with Crippen LogP contribution in [0.25, 0.3) is 5.57 Å². The van der Waals surface area contributed by atoms with Gasteiger partial charge < -0.3 is 23.8 Å². The van der Waals surface area contributed by atoms with Gasteiger partial charge in [-0.3, -0.25) is 18.4 Å². The summed E-state index contributed by atoms with van der Waals surface area (Å²) in [5, 5.41) is 0. The molecule has 7 nitrogen and oxygen atoms in total. The SMILES string of the molecule is CCN(CCCC(=O)OC(c1ccccc1)c1ccccc1)c1cc(OC)c(/C(=C2/N=C(C)C=C2C)c2c(C)cc(C)n2B(F)F)cc1N(C)C. The van der Waals surface area contributed by atoms with Crippen molar-refractivity contribution in [2.45, 2.75) is 53.6 Å². The largest absolute Gasteiger partial charge is 0.677 e. The minimum absolute atomic E-state index is 0.238. The minimum atomic E-state index is -2.74. The van der Waals surface area contributed by atoms with Crippen molar-refractivity contribution >= 4 is 36.0 Å². The monoisotopic (exact) mass is 692 g/mol. The van der Waals surface area contributed by atoms with E-state index in [0.717, 1.165) is 43.8 Å². The highest BCUT2D eigenvalue weighted by Gasteiger charge is 2.31. The van der Waals surface area contributed by atoms with Crippen LogP contribution < -0.4 is 14.5 Å². The summed E-state index contributed by atoms with van der Waals surface area (Å²) in [6, 6.07) is 25.3. The molecule has 0 fully saturated rings. The number of hydrogen-bond donors (Lipinski definition) is 0. The van der Waals surface area contributed by atoms with Crippen molar-refractivity contribution in [2.75, 3.05) is 44.1 Å². The molecule has 0 amide bonds. The molecule has 5 rings (SSSR count). The van der Waals surface area contributed by atoms with Crippen molar-refractivity contribution in [3.63, 3.8) is 0 Å². The summed E-state index contributed by atoms with van der Waals surface area (Å²) in [5.41, 5.74) is 8.82. The maximum atomic E-state index is 14.7. The predicted molar refractivity (Wildman–Crippen MR) is 205 cm³/mol. The first-order valence-electron chi connectivity index (χ1n) is 17.3. The molecule has 266 valence electrons. The van der Waals surface area contributed by atoms with Crippen LogP contribution in [-0.4, -0.2) is 57.9 Å². The number of aliphatic imine (C=N–C) groups is 1. The number of ether oxygens (including phenoxy) is 2. The van der Waals surface area contributed by atoms with Gasteiger partial charge in [0.1, 0.15) is 5.75 Å². The number of halogens is 2. The smallest absolute Gasteiger partial charge is 0.496 e. The molecule has 1 aromatic heterocycles. The number of aryl methyl sites for hydroxylation is 2. The molecule has 0 aliphatic carbocycles. The number of esters is 1. The van der Waals surface area contributed by atoms with Crippen LogP contribution in [0.4, 0.5) is 20.0 Å². The second-order valence-corrected chi connectivity index (χ2v) is 13.1. The number of carbonyl (C=O) groups is 1. The van der Waals surface area contributed by atoms with Gasteiger partial charge in [0.05, 0.1) is 24.2 Å². The van der Waals surface area contributed by atoms with Crippen LogP contribution in [0.1, 0.15) is 73.4 Å². The van der Waals surface area contributed by atoms with E-state index >= 15 is 0 Å². The van der Waals surface area contributed by atoms with E-state index in [1.54, 1.807) is 20.1 Å². The molecule has 0 bridgehead atoms. The van der Waals surface area contributed by atoms with Gasteiger partial charge in [0.15, 0.2) is 6.10 Å². The maximum absolute atomic E-state index is 14.7. The van der Waals surface area contributed by atoms with Crippen LogP contribution in [0.15, 0.2) is 101 Å². The molecule has 0 N–H and O–H groups in total. The summed E-state index contributed by atoms with van der Waals surface area (Å²) in [7, 11) is 2.77. The van der Waals surface area contributed by atoms with E-state index < -0.39 is 13.5 Å². The second kappa shape index (κ2) is 16.3. The van der Waals surface area contributed by atoms with E-state index in [9.17, 15) is 13.4 Å². The van der Waals surface area contributed by atoms with E-state index in [1.165, 1.54) is 0 Å². The van der Waals surface area contributed by atoms with Gasteiger partial charge in [-0.25, -0.2) is 0 Å². The minimum Gasteiger partial charge on any atom is -0.496 e. The number of hydrogen-bond acceptors (Lipinski definition) is 6. The second-order valence-electron chi connectivity index (χ2n) is 13.1. The highest BCUT2D eigenvalue weighted by atomic mass is 19.2. The highest BCUT2D eigenvalue weighted by molar-refractivity contribution is 6.41. The molecule has 3 aromatic carbocycles. The third-order valence-electron chi connectivity index (χ3n) is 9.21. The molecule has 2 heterocycles. The van der Waals surface area contributed by atoms with Gasteiger partial charge in [-0.05, 0) is 81.5 Å². The standard InChI is InChI=1S/C41H47BF2N4O3/c1-9-47(22-16-21-37(49)51-41(31-17-12-10-13-18-31)32-19-14-11-15-20-32)35-26-36(50-8)33(25-34(35)46(6)7)38(39-27(2)23-29(4)45-39)40-28(3)24-30(5)48(40)42(43)44/h10-15,17-20,23-26,41H,9,16,21-22H2,1-8H3/b39-38-. The van der Waals surface area contributed by atoms with E-state index in [1.807, 2.05) is 119 Å². The summed E-state index contributed by atoms with van der Waals surface area (Å²) < 4.78 is 42.5. The van der Waals surface area contributed by atoms with Crippen LogP contribution in [0.3, 0.4) is 0 Å². The highest BCUT2D eigenvalue weighted by Crippen LogP contribution is 2.45. The average Bonchev–Trinajstić information content (AvgIpc) is 3.61. The Bertz CT molecular complexity index is 1910. The van der Waals surface area contributed by atoms with Crippen LogP contribution in [0, 0.1) is 13.8 Å². The molecule has 0 spiro atoms. The first-order valence-corrected chi connectivity index (χ1v) is 17.3. The van der Waals surface area contributed by atoms with Crippen molar-refractivity contribution < 1.29 is 22.9 Å². The van der Waals surface area contributed by atoms with Gasteiger partial charge in [0, 0.05) is 67.9 Å². The van der Waals surface area contributed by atoms with Gasteiger partial charge in [0.2, 0.25) is 0 Å². The predicted octanol–water partition coefficient (Wildman–Crippen LogP) is 9.07. The zero-order valence-corrected chi connectivity index (χ0v) is 30.8. The molecule has 0 saturated carbocycles. The lowest BCUT2D eigenvalue weighted by Crippen LogP contribution is -2.27. The first-order chi connectivity index (χ1) is 24.4. The fourth-order valence-electron chi connectivity index (χ4n) is 6.86. The lowest BCUT2D eigenvalue weighted by molar-refractivity contribution is -0.147. The molecule has 0 unspecified atom stereocenters. The maximum Gasteiger partial charge on any atom is 0.677 e. The van der Waals surface area contributed by atoms with Crippen LogP contribution >= 0.6 is 0 Å². The third-order valence-corrected chi connectivity index (χ3v) is 9.21. The Morgan fingerprint density at radius 3 is 2.06 bits per heavy atom. The van der Waals surface area contributed by atoms with Gasteiger partial charge in [0.25, 0.3) is 0 Å². The van der Waals surface area contributed by atoms with E-state index in [4.69, 9.17) is 14.5 Å². The Balaban J connectivity index is 1.48. The molecule has 0 atom stereocenters. The zero-order chi connectivity index (χ0) is 36.8. The molecule has 0 radical (unpaired) electrons. The number of benzene rings is 3. The van der Waals surface area contributed by atoms with Gasteiger partial charge >= 0.3 is 13.4 Å². The van der Waals surface area contributed by atoms with Gasteiger partial charge in [-0.1, -0.05) is 60.7 Å². The summed E-state index contributed by atoms with van der Waals surface area (Å²) in [5.74, 6) is 0.264. The number of rotatable bonds is 14. The fraction of sp³-hybridized carbons (Fsp3) is 0.317. The van der Waals surface area contributed by atoms with E-state index in [2.05, 4.69) is 11.8 Å². The Morgan fingerprint density at radius 2 is 1.55 bits per heavy atom. The summed E-state index contributed by atoms with van der Waals surface area (Å²) >= 11 is 0. The Kier molecular flexibility index (Phi) is 11.9. The number of allylic oxidation sites excluding steroid dienone is 2. The third kappa shape index (κ3) is 8.11. The number of anilines is 2. The van der Waals surface area contributed by atoms with E-state index in [0.29, 0.717) is 53.5 Å². The average molecular weight is 693 g/mol. The Labute approximate surface area is 301 Å². The Morgan fingerprint density at radius 1 is 0.922 bits per heavy atom. The van der Waals surface area contributed by atoms with Crippen LogP contribution in [0.2, 0.25) is 0 Å². The summed E-state index contributed by atoms with van der Waals surface area (Å²) in [4.78, 5) is 22.3. The summed E-state index contributed by atoms with van der Waals surface area (Å²) in [6.45, 7) is 10.7. The molecular formula is C41H47BF2N4O3. The number of carbonyl (C=O) groups excluding carboxylic acids is 1. The van der Waals surface area contributed by atoms with Crippen molar-refractivity contribution in [1.82, 2.24) is 4.48 Å². The number of nitrogens with zero attached hydrogens (tertiary/aromatic N) is 4. The van der Waals surface area contributed by atoms with Crippen molar-refractivity contribution in [2.24, 2.45) is 4.99 Å². The van der Waals surface area contributed by atoms with Gasteiger partial charge in [-0.15, -0.1) is 0 Å². The zero-order valence-electron chi connectivity index (χ0n) is 30.8. The molecule has 51 heavy (non-hydrogen) atoms. The van der Waals surface area contributed by atoms with Crippen LogP contribution in [-0.2, 0) is 9.53 Å². The molecule has 0 saturated heterocycles. The molecule has 1 aliphatic heterocycles.